The lowest BCUT2D eigenvalue weighted by molar-refractivity contribution is -0.279. The van der Waals surface area contributed by atoms with E-state index in [0.29, 0.717) is 29.0 Å². The zero-order valence-corrected chi connectivity index (χ0v) is 19.0. The molecule has 192 valence electrons. The Hall–Kier alpha value is -4.31. The Morgan fingerprint density at radius 1 is 1.08 bits per heavy atom. The molecular weight excluding hydrogens is 499 g/mol. The maximum Gasteiger partial charge on any atom is 0.454 e. The summed E-state index contributed by atoms with van der Waals surface area (Å²) in [5.41, 5.74) is 1.74. The first-order valence-electron chi connectivity index (χ1n) is 10.9. The molecule has 8 nitrogen and oxygen atoms in total. The van der Waals surface area contributed by atoms with Crippen molar-refractivity contribution in [3.8, 4) is 6.07 Å². The molecule has 0 aliphatic carbocycles. The van der Waals surface area contributed by atoms with Crippen molar-refractivity contribution in [2.45, 2.75) is 25.2 Å². The van der Waals surface area contributed by atoms with Crippen molar-refractivity contribution in [1.82, 2.24) is 15.1 Å². The molecule has 2 amide bonds. The van der Waals surface area contributed by atoms with E-state index >= 15 is 0 Å². The highest BCUT2D eigenvalue weighted by atomic mass is 19.4. The van der Waals surface area contributed by atoms with E-state index in [2.05, 4.69) is 15.7 Å². The lowest BCUT2D eigenvalue weighted by atomic mass is 10.1. The van der Waals surface area contributed by atoms with Gasteiger partial charge in [0.05, 0.1) is 36.5 Å². The summed E-state index contributed by atoms with van der Waals surface area (Å²) in [5.74, 6) is -5.92. The number of nitrogens with zero attached hydrogens (tertiary/aromatic N) is 4. The van der Waals surface area contributed by atoms with E-state index in [1.807, 2.05) is 6.07 Å². The van der Waals surface area contributed by atoms with E-state index in [4.69, 9.17) is 5.26 Å². The second kappa shape index (κ2) is 9.98. The smallest absolute Gasteiger partial charge is 0.322 e. The molecule has 0 radical (unpaired) electrons. The predicted molar refractivity (Wildman–Crippen MR) is 122 cm³/mol. The van der Waals surface area contributed by atoms with Crippen LogP contribution in [-0.4, -0.2) is 46.8 Å². The van der Waals surface area contributed by atoms with Crippen LogP contribution in [0.5, 0.6) is 0 Å². The molecule has 0 bridgehead atoms. The standard InChI is InChI=1S/C24H19F5N6O2/c25-23(26,24(27,28)29)14-31-12-15-4-6-18(7-5-15)34-8-9-35-20(22(34)37)19(13-32-35)21(36)33-17-3-1-2-16(10-17)11-30/h1-7,10,13,31H,8-9,12,14H2,(H,33,36). The quantitative estimate of drug-likeness (QED) is 0.461. The van der Waals surface area contributed by atoms with E-state index in [-0.39, 0.29) is 24.3 Å². The maximum absolute atomic E-state index is 13.3. The monoisotopic (exact) mass is 518 g/mol. The molecule has 2 N–H and O–H groups in total. The van der Waals surface area contributed by atoms with Gasteiger partial charge in [0.15, 0.2) is 0 Å². The second-order valence-corrected chi connectivity index (χ2v) is 8.21. The van der Waals surface area contributed by atoms with E-state index in [1.54, 1.807) is 18.2 Å². The van der Waals surface area contributed by atoms with Crippen LogP contribution in [0.4, 0.5) is 33.3 Å². The fourth-order valence-corrected chi connectivity index (χ4v) is 3.74. The third-order valence-electron chi connectivity index (χ3n) is 5.66. The van der Waals surface area contributed by atoms with Gasteiger partial charge in [-0.1, -0.05) is 18.2 Å². The molecule has 0 saturated carbocycles. The largest absolute Gasteiger partial charge is 0.454 e. The number of nitrogens with one attached hydrogen (secondary N) is 2. The summed E-state index contributed by atoms with van der Waals surface area (Å²) in [7, 11) is 0. The van der Waals surface area contributed by atoms with Crippen molar-refractivity contribution in [3.63, 3.8) is 0 Å². The summed E-state index contributed by atoms with van der Waals surface area (Å²) in [6.45, 7) is -1.25. The van der Waals surface area contributed by atoms with Gasteiger partial charge in [-0.3, -0.25) is 14.3 Å². The van der Waals surface area contributed by atoms with Crippen LogP contribution in [0.2, 0.25) is 0 Å². The molecule has 0 atom stereocenters. The molecule has 2 aromatic carbocycles. The molecule has 2 heterocycles. The summed E-state index contributed by atoms with van der Waals surface area (Å²) in [4.78, 5) is 27.5. The minimum atomic E-state index is -5.64. The first kappa shape index (κ1) is 25.8. The van der Waals surface area contributed by atoms with Gasteiger partial charge in [-0.2, -0.15) is 32.3 Å². The summed E-state index contributed by atoms with van der Waals surface area (Å²) in [6.07, 6.45) is -4.35. The van der Waals surface area contributed by atoms with E-state index < -0.39 is 30.5 Å². The molecule has 37 heavy (non-hydrogen) atoms. The number of aromatic nitrogens is 2. The van der Waals surface area contributed by atoms with Gasteiger partial charge in [-0.15, -0.1) is 0 Å². The molecule has 0 fully saturated rings. The van der Waals surface area contributed by atoms with Gasteiger partial charge in [-0.25, -0.2) is 0 Å². The number of nitriles is 1. The molecular formula is C24H19F5N6O2. The first-order chi connectivity index (χ1) is 17.5. The number of carbonyl (C=O) groups excluding carboxylic acids is 2. The normalized spacial score (nSPS) is 13.7. The third-order valence-corrected chi connectivity index (χ3v) is 5.66. The lowest BCUT2D eigenvalue weighted by Crippen LogP contribution is -2.45. The van der Waals surface area contributed by atoms with Gasteiger partial charge in [0.1, 0.15) is 5.69 Å². The van der Waals surface area contributed by atoms with Crippen LogP contribution < -0.4 is 15.5 Å². The SMILES string of the molecule is N#Cc1cccc(NC(=O)c2cnn3c2C(=O)N(c2ccc(CNCC(F)(F)C(F)(F)F)cc2)CC3)c1. The molecule has 0 saturated heterocycles. The van der Waals surface area contributed by atoms with Gasteiger partial charge in [-0.05, 0) is 35.9 Å². The lowest BCUT2D eigenvalue weighted by Gasteiger charge is -2.28. The Kier molecular flexibility index (Phi) is 6.95. The van der Waals surface area contributed by atoms with Gasteiger partial charge in [0, 0.05) is 24.5 Å². The van der Waals surface area contributed by atoms with Crippen molar-refractivity contribution < 1.29 is 31.5 Å². The Labute approximate surface area is 207 Å². The highest BCUT2D eigenvalue weighted by Crippen LogP contribution is 2.34. The van der Waals surface area contributed by atoms with E-state index in [9.17, 15) is 31.5 Å². The number of carbonyl (C=O) groups is 2. The zero-order chi connectivity index (χ0) is 26.8. The van der Waals surface area contributed by atoms with Crippen LogP contribution in [0.1, 0.15) is 32.0 Å². The number of amides is 2. The Morgan fingerprint density at radius 3 is 2.49 bits per heavy atom. The third kappa shape index (κ3) is 5.44. The fourth-order valence-electron chi connectivity index (χ4n) is 3.74. The first-order valence-corrected chi connectivity index (χ1v) is 10.9. The predicted octanol–water partition coefficient (Wildman–Crippen LogP) is 3.95. The minimum Gasteiger partial charge on any atom is -0.322 e. The average molecular weight is 518 g/mol. The number of hydrogen-bond acceptors (Lipinski definition) is 5. The summed E-state index contributed by atoms with van der Waals surface area (Å²) in [6, 6.07) is 14.3. The number of hydrogen-bond donors (Lipinski definition) is 2. The van der Waals surface area contributed by atoms with Crippen LogP contribution in [0, 0.1) is 11.3 Å². The highest BCUT2D eigenvalue weighted by molar-refractivity contribution is 6.15. The van der Waals surface area contributed by atoms with Crippen LogP contribution in [0.15, 0.2) is 54.7 Å². The van der Waals surface area contributed by atoms with Gasteiger partial charge in [0.25, 0.3) is 11.8 Å². The van der Waals surface area contributed by atoms with Crippen molar-refractivity contribution in [2.24, 2.45) is 0 Å². The molecule has 1 aliphatic rings. The van der Waals surface area contributed by atoms with Crippen LogP contribution in [0.3, 0.4) is 0 Å². The number of rotatable bonds is 7. The topological polar surface area (TPSA) is 103 Å². The fraction of sp³-hybridized carbons (Fsp3) is 0.250. The van der Waals surface area contributed by atoms with Crippen LogP contribution in [-0.2, 0) is 13.1 Å². The van der Waals surface area contributed by atoms with Crippen molar-refractivity contribution >= 4 is 23.2 Å². The van der Waals surface area contributed by atoms with Crippen LogP contribution in [0.25, 0.3) is 0 Å². The molecule has 3 aromatic rings. The highest BCUT2D eigenvalue weighted by Gasteiger charge is 2.56. The van der Waals surface area contributed by atoms with Crippen molar-refractivity contribution in [1.29, 1.82) is 5.26 Å². The number of anilines is 2. The molecule has 1 aromatic heterocycles. The average Bonchev–Trinajstić information content (AvgIpc) is 3.29. The number of fused-ring (bicyclic) bond motifs is 1. The maximum atomic E-state index is 13.3. The van der Waals surface area contributed by atoms with Crippen LogP contribution >= 0.6 is 0 Å². The molecule has 13 heteroatoms. The summed E-state index contributed by atoms with van der Waals surface area (Å²) < 4.78 is 64.4. The number of halogens is 5. The summed E-state index contributed by atoms with van der Waals surface area (Å²) in [5, 5.41) is 17.9. The molecule has 0 spiro atoms. The van der Waals surface area contributed by atoms with Crippen molar-refractivity contribution in [2.75, 3.05) is 23.3 Å². The summed E-state index contributed by atoms with van der Waals surface area (Å²) >= 11 is 0. The zero-order valence-electron chi connectivity index (χ0n) is 19.0. The van der Waals surface area contributed by atoms with Gasteiger partial charge in [0.2, 0.25) is 0 Å². The van der Waals surface area contributed by atoms with Gasteiger partial charge < -0.3 is 15.5 Å². The molecule has 4 rings (SSSR count). The van der Waals surface area contributed by atoms with Gasteiger partial charge >= 0.3 is 12.1 Å². The van der Waals surface area contributed by atoms with E-state index in [1.165, 1.54) is 46.1 Å². The molecule has 0 unspecified atom stereocenters. The number of alkyl halides is 5. The Balaban J connectivity index is 1.44. The molecule has 1 aliphatic heterocycles. The Morgan fingerprint density at radius 2 is 1.81 bits per heavy atom. The second-order valence-electron chi connectivity index (χ2n) is 8.21. The van der Waals surface area contributed by atoms with E-state index in [0.717, 1.165) is 0 Å². The van der Waals surface area contributed by atoms with Crippen molar-refractivity contribution in [3.05, 3.63) is 77.1 Å². The minimum absolute atomic E-state index is 0.0449. The Bertz CT molecular complexity index is 1360. The number of benzene rings is 2.